The van der Waals surface area contributed by atoms with Crippen molar-refractivity contribution in [2.45, 2.75) is 32.9 Å². The van der Waals surface area contributed by atoms with Crippen LogP contribution < -0.4 is 9.80 Å². The van der Waals surface area contributed by atoms with Crippen molar-refractivity contribution >= 4 is 11.6 Å². The van der Waals surface area contributed by atoms with Crippen molar-refractivity contribution in [3.63, 3.8) is 0 Å². The standard InChI is InChI=1S/C20H24N2O/c1-15-8-10-17(11-9-15)14-21(3)16(2)20(23)22-13-12-18-6-4-5-7-19(18)22/h4-11,16H,12-14H2,1-3H3/p+1/t16-/m0/s1. The molecule has 2 atom stereocenters. The van der Waals surface area contributed by atoms with Gasteiger partial charge in [-0.3, -0.25) is 4.79 Å². The Kier molecular flexibility index (Phi) is 4.49. The highest BCUT2D eigenvalue weighted by Crippen LogP contribution is 2.27. The van der Waals surface area contributed by atoms with Gasteiger partial charge in [-0.05, 0) is 31.9 Å². The number of amides is 1. The summed E-state index contributed by atoms with van der Waals surface area (Å²) in [6, 6.07) is 16.8. The molecule has 3 nitrogen and oxygen atoms in total. The summed E-state index contributed by atoms with van der Waals surface area (Å²) in [6.07, 6.45) is 0.964. The zero-order valence-corrected chi connectivity index (χ0v) is 14.2. The third kappa shape index (κ3) is 3.30. The van der Waals surface area contributed by atoms with Gasteiger partial charge in [0.05, 0.1) is 7.05 Å². The van der Waals surface area contributed by atoms with Crippen molar-refractivity contribution in [2.24, 2.45) is 0 Å². The first kappa shape index (κ1) is 15.8. The number of carbonyl (C=O) groups excluding carboxylic acids is 1. The molecule has 0 radical (unpaired) electrons. The first-order valence-corrected chi connectivity index (χ1v) is 8.33. The minimum Gasteiger partial charge on any atom is -0.324 e. The molecule has 1 unspecified atom stereocenters. The second-order valence-electron chi connectivity index (χ2n) is 6.60. The molecule has 0 aromatic heterocycles. The van der Waals surface area contributed by atoms with Gasteiger partial charge in [-0.1, -0.05) is 48.0 Å². The molecule has 0 saturated heterocycles. The van der Waals surface area contributed by atoms with E-state index in [2.05, 4.69) is 50.4 Å². The van der Waals surface area contributed by atoms with Crippen molar-refractivity contribution in [2.75, 3.05) is 18.5 Å². The van der Waals surface area contributed by atoms with Crippen LogP contribution in [0.4, 0.5) is 5.69 Å². The molecule has 1 heterocycles. The monoisotopic (exact) mass is 309 g/mol. The van der Waals surface area contributed by atoms with Gasteiger partial charge >= 0.3 is 0 Å². The van der Waals surface area contributed by atoms with Crippen molar-refractivity contribution in [3.05, 3.63) is 65.2 Å². The van der Waals surface area contributed by atoms with E-state index in [0.29, 0.717) is 0 Å². The zero-order valence-electron chi connectivity index (χ0n) is 14.2. The van der Waals surface area contributed by atoms with Crippen LogP contribution in [0.15, 0.2) is 48.5 Å². The normalized spacial score (nSPS) is 16.0. The smallest absolute Gasteiger partial charge is 0.284 e. The number of para-hydroxylation sites is 1. The number of quaternary nitrogens is 1. The Morgan fingerprint density at radius 2 is 1.87 bits per heavy atom. The van der Waals surface area contributed by atoms with Crippen LogP contribution >= 0.6 is 0 Å². The van der Waals surface area contributed by atoms with Crippen molar-refractivity contribution in [1.29, 1.82) is 0 Å². The number of hydrogen-bond donors (Lipinski definition) is 1. The van der Waals surface area contributed by atoms with E-state index in [1.807, 2.05) is 24.0 Å². The van der Waals surface area contributed by atoms with Crippen LogP contribution in [-0.2, 0) is 17.8 Å². The van der Waals surface area contributed by atoms with E-state index in [4.69, 9.17) is 0 Å². The summed E-state index contributed by atoms with van der Waals surface area (Å²) in [4.78, 5) is 16.1. The molecule has 1 N–H and O–H groups in total. The minimum atomic E-state index is -0.0533. The van der Waals surface area contributed by atoms with Gasteiger partial charge in [-0.2, -0.15) is 0 Å². The van der Waals surface area contributed by atoms with Crippen LogP contribution in [0.2, 0.25) is 0 Å². The molecule has 0 bridgehead atoms. The van der Waals surface area contributed by atoms with Gasteiger partial charge in [0, 0.05) is 17.8 Å². The first-order chi connectivity index (χ1) is 11.1. The van der Waals surface area contributed by atoms with E-state index in [0.717, 1.165) is 25.2 Å². The van der Waals surface area contributed by atoms with E-state index in [1.165, 1.54) is 21.6 Å². The number of rotatable bonds is 4. The number of nitrogens with one attached hydrogen (secondary N) is 1. The number of nitrogens with zero attached hydrogens (tertiary/aromatic N) is 1. The van der Waals surface area contributed by atoms with E-state index in [-0.39, 0.29) is 11.9 Å². The maximum atomic E-state index is 12.9. The lowest BCUT2D eigenvalue weighted by atomic mass is 10.1. The molecule has 1 aliphatic rings. The lowest BCUT2D eigenvalue weighted by Gasteiger charge is -2.26. The lowest BCUT2D eigenvalue weighted by Crippen LogP contribution is -3.12. The molecule has 0 saturated carbocycles. The predicted octanol–water partition coefficient (Wildman–Crippen LogP) is 1.99. The van der Waals surface area contributed by atoms with Crippen molar-refractivity contribution in [1.82, 2.24) is 0 Å². The summed E-state index contributed by atoms with van der Waals surface area (Å²) in [6.45, 7) is 5.80. The maximum absolute atomic E-state index is 12.9. The number of benzene rings is 2. The maximum Gasteiger partial charge on any atom is 0.284 e. The Morgan fingerprint density at radius 1 is 1.17 bits per heavy atom. The third-order valence-corrected chi connectivity index (χ3v) is 4.87. The molecule has 120 valence electrons. The van der Waals surface area contributed by atoms with Crippen LogP contribution in [0.25, 0.3) is 0 Å². The molecule has 0 fully saturated rings. The molecule has 2 aromatic rings. The summed E-state index contributed by atoms with van der Waals surface area (Å²) in [7, 11) is 2.10. The number of hydrogen-bond acceptors (Lipinski definition) is 1. The Labute approximate surface area is 138 Å². The van der Waals surface area contributed by atoms with Gasteiger partial charge in [0.2, 0.25) is 0 Å². The van der Waals surface area contributed by atoms with Crippen LogP contribution in [0.3, 0.4) is 0 Å². The zero-order chi connectivity index (χ0) is 16.4. The minimum absolute atomic E-state index is 0.0533. The number of aryl methyl sites for hydroxylation is 1. The van der Waals surface area contributed by atoms with Gasteiger partial charge in [-0.15, -0.1) is 0 Å². The highest BCUT2D eigenvalue weighted by Gasteiger charge is 2.31. The van der Waals surface area contributed by atoms with Crippen molar-refractivity contribution in [3.8, 4) is 0 Å². The second kappa shape index (κ2) is 6.55. The summed E-state index contributed by atoms with van der Waals surface area (Å²) in [5.74, 6) is 0.222. The Bertz CT molecular complexity index is 693. The van der Waals surface area contributed by atoms with Crippen molar-refractivity contribution < 1.29 is 9.69 Å². The topological polar surface area (TPSA) is 24.8 Å². The fourth-order valence-corrected chi connectivity index (χ4v) is 3.19. The molecular formula is C20H25N2O+. The predicted molar refractivity (Wildman–Crippen MR) is 93.7 cm³/mol. The average molecular weight is 309 g/mol. The van der Waals surface area contributed by atoms with E-state index >= 15 is 0 Å². The van der Waals surface area contributed by atoms with Gasteiger partial charge < -0.3 is 9.80 Å². The molecule has 3 heteroatoms. The lowest BCUT2D eigenvalue weighted by molar-refractivity contribution is -0.908. The summed E-state index contributed by atoms with van der Waals surface area (Å²) >= 11 is 0. The Hall–Kier alpha value is -2.13. The average Bonchev–Trinajstić information content (AvgIpc) is 2.99. The molecule has 1 amide bonds. The highest BCUT2D eigenvalue weighted by molar-refractivity contribution is 5.97. The first-order valence-electron chi connectivity index (χ1n) is 8.33. The van der Waals surface area contributed by atoms with E-state index in [9.17, 15) is 4.79 Å². The molecule has 1 aliphatic heterocycles. The molecule has 0 aliphatic carbocycles. The van der Waals surface area contributed by atoms with Crippen LogP contribution in [0.5, 0.6) is 0 Å². The summed E-state index contributed by atoms with van der Waals surface area (Å²) in [5.41, 5.74) is 4.91. The SMILES string of the molecule is Cc1ccc(C[NH+](C)[C@@H](C)C(=O)N2CCc3ccccc32)cc1. The van der Waals surface area contributed by atoms with Gasteiger partial charge in [0.1, 0.15) is 6.54 Å². The van der Waals surface area contributed by atoms with Gasteiger partial charge in [0.25, 0.3) is 5.91 Å². The quantitative estimate of drug-likeness (QED) is 0.918. The largest absolute Gasteiger partial charge is 0.324 e. The molecule has 0 spiro atoms. The molecule has 3 rings (SSSR count). The fraction of sp³-hybridized carbons (Fsp3) is 0.350. The molecule has 2 aromatic carbocycles. The molecule has 23 heavy (non-hydrogen) atoms. The fourth-order valence-electron chi connectivity index (χ4n) is 3.19. The number of fused-ring (bicyclic) bond motifs is 1. The Morgan fingerprint density at radius 3 is 2.61 bits per heavy atom. The Balaban J connectivity index is 1.69. The van der Waals surface area contributed by atoms with E-state index < -0.39 is 0 Å². The highest BCUT2D eigenvalue weighted by atomic mass is 16.2. The summed E-state index contributed by atoms with van der Waals surface area (Å²) < 4.78 is 0. The number of carbonyl (C=O) groups is 1. The third-order valence-electron chi connectivity index (χ3n) is 4.87. The number of anilines is 1. The van der Waals surface area contributed by atoms with Crippen LogP contribution in [0, 0.1) is 6.92 Å². The number of likely N-dealkylation sites (N-methyl/N-ethyl adjacent to an activating group) is 1. The van der Waals surface area contributed by atoms with Gasteiger partial charge in [0.15, 0.2) is 6.04 Å². The van der Waals surface area contributed by atoms with E-state index in [1.54, 1.807) is 0 Å². The summed E-state index contributed by atoms with van der Waals surface area (Å²) in [5, 5.41) is 0. The van der Waals surface area contributed by atoms with Gasteiger partial charge in [-0.25, -0.2) is 0 Å². The van der Waals surface area contributed by atoms with Crippen LogP contribution in [-0.4, -0.2) is 25.5 Å². The second-order valence-corrected chi connectivity index (χ2v) is 6.60. The van der Waals surface area contributed by atoms with Crippen LogP contribution in [0.1, 0.15) is 23.6 Å². The molecular weight excluding hydrogens is 284 g/mol.